The van der Waals surface area contributed by atoms with Gasteiger partial charge in [-0.15, -0.1) is 0 Å². The van der Waals surface area contributed by atoms with Crippen LogP contribution in [0.25, 0.3) is 11.1 Å². The quantitative estimate of drug-likeness (QED) is 0.854. The van der Waals surface area contributed by atoms with Gasteiger partial charge in [0, 0.05) is 17.2 Å². The summed E-state index contributed by atoms with van der Waals surface area (Å²) in [5, 5.41) is 7.25. The van der Waals surface area contributed by atoms with Gasteiger partial charge in [-0.1, -0.05) is 6.07 Å². The van der Waals surface area contributed by atoms with E-state index in [1.54, 1.807) is 0 Å². The lowest BCUT2D eigenvalue weighted by molar-refractivity contribution is 0.288. The average molecular weight is 287 g/mol. The number of H-pyrrole nitrogens is 1. The summed E-state index contributed by atoms with van der Waals surface area (Å²) in [6.07, 6.45) is 2.40. The zero-order valence-electron chi connectivity index (χ0n) is 12.5. The highest BCUT2D eigenvalue weighted by atomic mass is 16.5. The van der Waals surface area contributed by atoms with Gasteiger partial charge in [0.05, 0.1) is 13.2 Å². The number of anilines is 1. The molecule has 5 nitrogen and oxygen atoms in total. The molecule has 0 atom stereocenters. The molecule has 2 aromatic rings. The summed E-state index contributed by atoms with van der Waals surface area (Å²) in [5.74, 6) is 2.62. The van der Waals surface area contributed by atoms with Crippen LogP contribution in [0.4, 0.5) is 5.82 Å². The first-order valence-electron chi connectivity index (χ1n) is 7.48. The second kappa shape index (κ2) is 5.68. The number of nitrogens with two attached hydrogens (primary N) is 1. The Balaban J connectivity index is 2.02. The van der Waals surface area contributed by atoms with E-state index in [1.807, 2.05) is 32.0 Å². The molecule has 1 aliphatic rings. The Morgan fingerprint density at radius 1 is 1.19 bits per heavy atom. The van der Waals surface area contributed by atoms with E-state index in [0.29, 0.717) is 24.9 Å². The predicted octanol–water partition coefficient (Wildman–Crippen LogP) is 3.33. The van der Waals surface area contributed by atoms with Crippen molar-refractivity contribution in [2.45, 2.75) is 32.6 Å². The fraction of sp³-hybridized carbons (Fsp3) is 0.438. The first kappa shape index (κ1) is 13.8. The average Bonchev–Trinajstić information content (AvgIpc) is 3.25. The molecule has 1 fully saturated rings. The fourth-order valence-corrected chi connectivity index (χ4v) is 2.55. The fourth-order valence-electron chi connectivity index (χ4n) is 2.55. The predicted molar refractivity (Wildman–Crippen MR) is 82.7 cm³/mol. The Hall–Kier alpha value is -2.17. The van der Waals surface area contributed by atoms with E-state index in [1.165, 1.54) is 12.8 Å². The highest BCUT2D eigenvalue weighted by molar-refractivity contribution is 5.78. The molecule has 0 radical (unpaired) electrons. The van der Waals surface area contributed by atoms with Gasteiger partial charge in [-0.05, 0) is 44.4 Å². The highest BCUT2D eigenvalue weighted by Gasteiger charge is 2.30. The van der Waals surface area contributed by atoms with Gasteiger partial charge in [0.1, 0.15) is 0 Å². The molecule has 112 valence electrons. The molecule has 0 saturated heterocycles. The normalized spacial score (nSPS) is 14.2. The van der Waals surface area contributed by atoms with Gasteiger partial charge in [-0.2, -0.15) is 5.10 Å². The third-order valence-electron chi connectivity index (χ3n) is 3.64. The number of nitrogens with one attached hydrogen (secondary N) is 1. The van der Waals surface area contributed by atoms with Crippen LogP contribution in [0.1, 0.15) is 38.3 Å². The lowest BCUT2D eigenvalue weighted by Crippen LogP contribution is -1.99. The molecule has 5 heteroatoms. The first-order valence-corrected chi connectivity index (χ1v) is 7.48. The van der Waals surface area contributed by atoms with Crippen molar-refractivity contribution in [1.29, 1.82) is 0 Å². The van der Waals surface area contributed by atoms with Crippen molar-refractivity contribution in [2.24, 2.45) is 0 Å². The van der Waals surface area contributed by atoms with Crippen molar-refractivity contribution in [3.05, 3.63) is 23.9 Å². The van der Waals surface area contributed by atoms with E-state index in [9.17, 15) is 0 Å². The zero-order valence-corrected chi connectivity index (χ0v) is 12.5. The van der Waals surface area contributed by atoms with Crippen LogP contribution in [0.15, 0.2) is 18.2 Å². The molecule has 0 unspecified atom stereocenters. The van der Waals surface area contributed by atoms with Gasteiger partial charge in [-0.3, -0.25) is 5.10 Å². The minimum Gasteiger partial charge on any atom is -0.490 e. The van der Waals surface area contributed by atoms with E-state index < -0.39 is 0 Å². The second-order valence-electron chi connectivity index (χ2n) is 5.20. The molecule has 0 spiro atoms. The van der Waals surface area contributed by atoms with Crippen molar-refractivity contribution < 1.29 is 9.47 Å². The third-order valence-corrected chi connectivity index (χ3v) is 3.64. The summed E-state index contributed by atoms with van der Waals surface area (Å²) in [5.41, 5.74) is 9.21. The number of nitrogens with zero attached hydrogens (tertiary/aromatic N) is 1. The maximum Gasteiger partial charge on any atom is 0.161 e. The number of aromatic nitrogens is 2. The molecule has 1 aromatic heterocycles. The van der Waals surface area contributed by atoms with Crippen LogP contribution in [0.5, 0.6) is 11.5 Å². The standard InChI is InChI=1S/C16H21N3O2/c1-3-20-12-8-7-11(9-13(12)21-4-2)14-15(10-5-6-10)18-19-16(14)17/h7-10H,3-6H2,1-2H3,(H3,17,18,19). The van der Waals surface area contributed by atoms with Crippen molar-refractivity contribution >= 4 is 5.82 Å². The zero-order chi connectivity index (χ0) is 14.8. The summed E-state index contributed by atoms with van der Waals surface area (Å²) in [7, 11) is 0. The molecule has 0 aliphatic heterocycles. The van der Waals surface area contributed by atoms with E-state index in [2.05, 4.69) is 10.2 Å². The van der Waals surface area contributed by atoms with E-state index in [0.717, 1.165) is 28.3 Å². The van der Waals surface area contributed by atoms with Crippen LogP contribution in [0.3, 0.4) is 0 Å². The Kier molecular flexibility index (Phi) is 3.73. The molecule has 0 bridgehead atoms. The maximum absolute atomic E-state index is 6.05. The van der Waals surface area contributed by atoms with Crippen molar-refractivity contribution in [3.63, 3.8) is 0 Å². The van der Waals surface area contributed by atoms with Crippen LogP contribution in [-0.2, 0) is 0 Å². The van der Waals surface area contributed by atoms with E-state index in [-0.39, 0.29) is 0 Å². The molecule has 3 rings (SSSR count). The van der Waals surface area contributed by atoms with Gasteiger partial charge < -0.3 is 15.2 Å². The van der Waals surface area contributed by atoms with Gasteiger partial charge >= 0.3 is 0 Å². The van der Waals surface area contributed by atoms with Crippen LogP contribution in [0.2, 0.25) is 0 Å². The molecular formula is C16H21N3O2. The molecule has 0 amide bonds. The molecular weight excluding hydrogens is 266 g/mol. The highest BCUT2D eigenvalue weighted by Crippen LogP contribution is 2.46. The minimum atomic E-state index is 0.545. The molecule has 21 heavy (non-hydrogen) atoms. The molecule has 3 N–H and O–H groups in total. The van der Waals surface area contributed by atoms with Crippen molar-refractivity contribution in [3.8, 4) is 22.6 Å². The van der Waals surface area contributed by atoms with Gasteiger partial charge in [-0.25, -0.2) is 0 Å². The Morgan fingerprint density at radius 3 is 2.57 bits per heavy atom. The summed E-state index contributed by atoms with van der Waals surface area (Å²) < 4.78 is 11.3. The number of ether oxygens (including phenoxy) is 2. The van der Waals surface area contributed by atoms with Crippen LogP contribution in [-0.4, -0.2) is 23.4 Å². The van der Waals surface area contributed by atoms with Gasteiger partial charge in [0.15, 0.2) is 17.3 Å². The number of benzene rings is 1. The largest absolute Gasteiger partial charge is 0.490 e. The van der Waals surface area contributed by atoms with Gasteiger partial charge in [0.2, 0.25) is 0 Å². The van der Waals surface area contributed by atoms with Crippen molar-refractivity contribution in [1.82, 2.24) is 10.2 Å². The molecule has 1 aliphatic carbocycles. The Bertz CT molecular complexity index is 632. The summed E-state index contributed by atoms with van der Waals surface area (Å²) >= 11 is 0. The van der Waals surface area contributed by atoms with Gasteiger partial charge in [0.25, 0.3) is 0 Å². The molecule has 1 heterocycles. The first-order chi connectivity index (χ1) is 10.2. The van der Waals surface area contributed by atoms with E-state index in [4.69, 9.17) is 15.2 Å². The maximum atomic E-state index is 6.05. The SMILES string of the molecule is CCOc1ccc(-c2c(N)n[nH]c2C2CC2)cc1OCC. The van der Waals surface area contributed by atoms with Crippen LogP contribution < -0.4 is 15.2 Å². The second-order valence-corrected chi connectivity index (χ2v) is 5.20. The topological polar surface area (TPSA) is 73.2 Å². The molecule has 1 saturated carbocycles. The summed E-state index contributed by atoms with van der Waals surface area (Å²) in [6.45, 7) is 5.13. The molecule has 1 aromatic carbocycles. The number of nitrogen functional groups attached to an aromatic ring is 1. The van der Waals surface area contributed by atoms with Crippen LogP contribution in [0, 0.1) is 0 Å². The number of aromatic amines is 1. The summed E-state index contributed by atoms with van der Waals surface area (Å²) in [6, 6.07) is 5.94. The number of hydrogen-bond donors (Lipinski definition) is 2. The Labute approximate surface area is 124 Å². The Morgan fingerprint density at radius 2 is 1.90 bits per heavy atom. The van der Waals surface area contributed by atoms with Crippen LogP contribution >= 0.6 is 0 Å². The van der Waals surface area contributed by atoms with E-state index >= 15 is 0 Å². The number of hydrogen-bond acceptors (Lipinski definition) is 4. The number of rotatable bonds is 6. The third kappa shape index (κ3) is 2.68. The minimum absolute atomic E-state index is 0.545. The smallest absolute Gasteiger partial charge is 0.161 e. The monoisotopic (exact) mass is 287 g/mol. The van der Waals surface area contributed by atoms with Crippen molar-refractivity contribution in [2.75, 3.05) is 18.9 Å². The summed E-state index contributed by atoms with van der Waals surface area (Å²) in [4.78, 5) is 0. The lowest BCUT2D eigenvalue weighted by atomic mass is 10.0. The lowest BCUT2D eigenvalue weighted by Gasteiger charge is -2.13.